The largest absolute Gasteiger partial charge is 0.351 e. The van der Waals surface area contributed by atoms with Gasteiger partial charge < -0.3 is 15.1 Å². The van der Waals surface area contributed by atoms with Gasteiger partial charge in [-0.15, -0.1) is 0 Å². The van der Waals surface area contributed by atoms with E-state index in [1.165, 1.54) is 6.07 Å². The van der Waals surface area contributed by atoms with E-state index >= 15 is 0 Å². The van der Waals surface area contributed by atoms with Gasteiger partial charge in [0.25, 0.3) is 11.8 Å². The minimum Gasteiger partial charge on any atom is -0.351 e. The third-order valence-electron chi connectivity index (χ3n) is 6.00. The zero-order valence-corrected chi connectivity index (χ0v) is 16.9. The molecule has 6 heteroatoms. The van der Waals surface area contributed by atoms with Crippen molar-refractivity contribution in [2.75, 3.05) is 23.3 Å². The maximum atomic E-state index is 13.8. The van der Waals surface area contributed by atoms with Crippen LogP contribution in [0, 0.1) is 12.7 Å². The van der Waals surface area contributed by atoms with E-state index in [1.54, 1.807) is 37.3 Å². The first kappa shape index (κ1) is 19.4. The summed E-state index contributed by atoms with van der Waals surface area (Å²) in [7, 11) is 0. The topological polar surface area (TPSA) is 52.7 Å². The van der Waals surface area contributed by atoms with Crippen molar-refractivity contribution in [3.8, 4) is 0 Å². The van der Waals surface area contributed by atoms with Crippen LogP contribution in [0.5, 0.6) is 0 Å². The van der Waals surface area contributed by atoms with Gasteiger partial charge in [-0.2, -0.15) is 0 Å². The van der Waals surface area contributed by atoms with E-state index in [2.05, 4.69) is 17.1 Å². The Labute approximate surface area is 170 Å². The standard InChI is InChI=1S/C23H26FN3O2/c1-3-26-20-14-16(22(28)25-19-9-7-8-18(24)15(19)2)11-12-17(20)23(29)27-13-6-4-5-10-21(26)27/h7-9,11-12,14,21H,3-6,10,13H2,1-2H3,(H,25,28). The molecule has 1 N–H and O–H groups in total. The highest BCUT2D eigenvalue weighted by atomic mass is 19.1. The monoisotopic (exact) mass is 395 g/mol. The molecule has 29 heavy (non-hydrogen) atoms. The molecule has 0 spiro atoms. The van der Waals surface area contributed by atoms with Gasteiger partial charge in [0.1, 0.15) is 12.0 Å². The summed E-state index contributed by atoms with van der Waals surface area (Å²) in [6, 6.07) is 9.83. The second-order valence-electron chi connectivity index (χ2n) is 7.71. The number of hydrogen-bond acceptors (Lipinski definition) is 3. The van der Waals surface area contributed by atoms with Gasteiger partial charge in [0, 0.05) is 29.9 Å². The fourth-order valence-corrected chi connectivity index (χ4v) is 4.38. The molecule has 0 aliphatic carbocycles. The Bertz CT molecular complexity index is 959. The van der Waals surface area contributed by atoms with Gasteiger partial charge in [0.2, 0.25) is 0 Å². The lowest BCUT2D eigenvalue weighted by Gasteiger charge is -2.44. The molecule has 1 atom stereocenters. The normalized spacial score (nSPS) is 18.7. The molecule has 2 aromatic rings. The highest BCUT2D eigenvalue weighted by Gasteiger charge is 2.37. The van der Waals surface area contributed by atoms with Crippen molar-refractivity contribution in [3.05, 3.63) is 58.9 Å². The highest BCUT2D eigenvalue weighted by Crippen LogP contribution is 2.35. The minimum absolute atomic E-state index is 0.0459. The number of halogens is 1. The van der Waals surface area contributed by atoms with Gasteiger partial charge in [-0.05, 0) is 63.4 Å². The quantitative estimate of drug-likeness (QED) is 0.828. The van der Waals surface area contributed by atoms with Gasteiger partial charge in [0.15, 0.2) is 0 Å². The van der Waals surface area contributed by atoms with Crippen LogP contribution in [0.25, 0.3) is 0 Å². The van der Waals surface area contributed by atoms with E-state index in [9.17, 15) is 14.0 Å². The van der Waals surface area contributed by atoms with Gasteiger partial charge in [-0.3, -0.25) is 9.59 Å². The lowest BCUT2D eigenvalue weighted by atomic mass is 10.0. The van der Waals surface area contributed by atoms with Crippen molar-refractivity contribution < 1.29 is 14.0 Å². The molecule has 1 fully saturated rings. The third-order valence-corrected chi connectivity index (χ3v) is 6.00. The van der Waals surface area contributed by atoms with Crippen LogP contribution in [0.15, 0.2) is 36.4 Å². The number of rotatable bonds is 3. The number of benzene rings is 2. The molecule has 2 amide bonds. The van der Waals surface area contributed by atoms with Crippen LogP contribution in [0.4, 0.5) is 15.8 Å². The van der Waals surface area contributed by atoms with E-state index in [0.29, 0.717) is 22.4 Å². The number of anilines is 2. The van der Waals surface area contributed by atoms with E-state index in [0.717, 1.165) is 44.5 Å². The summed E-state index contributed by atoms with van der Waals surface area (Å²) in [5.74, 6) is -0.623. The first-order valence-electron chi connectivity index (χ1n) is 10.3. The Morgan fingerprint density at radius 1 is 1.21 bits per heavy atom. The second-order valence-corrected chi connectivity index (χ2v) is 7.71. The predicted octanol–water partition coefficient (Wildman–Crippen LogP) is 4.57. The van der Waals surface area contributed by atoms with E-state index < -0.39 is 0 Å². The van der Waals surface area contributed by atoms with Crippen molar-refractivity contribution >= 4 is 23.2 Å². The number of hydrogen-bond donors (Lipinski definition) is 1. The molecular weight excluding hydrogens is 369 g/mol. The van der Waals surface area contributed by atoms with Crippen LogP contribution in [0.1, 0.15) is 58.9 Å². The Kier molecular flexibility index (Phi) is 5.26. The Morgan fingerprint density at radius 3 is 2.83 bits per heavy atom. The molecule has 0 radical (unpaired) electrons. The molecule has 152 valence electrons. The fraction of sp³-hybridized carbons (Fsp3) is 0.391. The van der Waals surface area contributed by atoms with Crippen LogP contribution < -0.4 is 10.2 Å². The van der Waals surface area contributed by atoms with Gasteiger partial charge in [0.05, 0.1) is 11.3 Å². The van der Waals surface area contributed by atoms with Gasteiger partial charge >= 0.3 is 0 Å². The summed E-state index contributed by atoms with van der Waals surface area (Å²) >= 11 is 0. The highest BCUT2D eigenvalue weighted by molar-refractivity contribution is 6.08. The van der Waals surface area contributed by atoms with E-state index in [4.69, 9.17) is 0 Å². The van der Waals surface area contributed by atoms with Crippen molar-refractivity contribution in [2.24, 2.45) is 0 Å². The lowest BCUT2D eigenvalue weighted by Crippen LogP contribution is -2.55. The van der Waals surface area contributed by atoms with Crippen molar-refractivity contribution in [2.45, 2.75) is 45.7 Å². The Hall–Kier alpha value is -2.89. The summed E-state index contributed by atoms with van der Waals surface area (Å²) in [4.78, 5) is 30.1. The van der Waals surface area contributed by atoms with Crippen molar-refractivity contribution in [3.63, 3.8) is 0 Å². The zero-order valence-electron chi connectivity index (χ0n) is 16.9. The summed E-state index contributed by atoms with van der Waals surface area (Å²) in [5.41, 5.74) is 2.76. The third kappa shape index (κ3) is 3.48. The molecule has 4 rings (SSSR count). The van der Waals surface area contributed by atoms with Crippen LogP contribution in [-0.4, -0.2) is 36.0 Å². The summed E-state index contributed by atoms with van der Waals surface area (Å²) < 4.78 is 13.8. The average Bonchev–Trinajstić information content (AvgIpc) is 2.98. The number of amides is 2. The Balaban J connectivity index is 1.67. The number of carbonyl (C=O) groups is 2. The predicted molar refractivity (Wildman–Crippen MR) is 112 cm³/mol. The van der Waals surface area contributed by atoms with E-state index in [1.807, 2.05) is 4.90 Å². The SMILES string of the molecule is CCN1c2cc(C(=O)Nc3cccc(F)c3C)ccc2C(=O)N2CCCCCC21. The summed E-state index contributed by atoms with van der Waals surface area (Å²) in [6.45, 7) is 5.25. The molecule has 2 aliphatic heterocycles. The molecule has 2 heterocycles. The average molecular weight is 395 g/mol. The summed E-state index contributed by atoms with van der Waals surface area (Å²) in [6.07, 6.45) is 4.25. The molecule has 1 unspecified atom stereocenters. The number of nitrogens with zero attached hydrogens (tertiary/aromatic N) is 2. The van der Waals surface area contributed by atoms with E-state index in [-0.39, 0.29) is 23.8 Å². The number of nitrogens with one attached hydrogen (secondary N) is 1. The first-order chi connectivity index (χ1) is 14.0. The number of carbonyl (C=O) groups excluding carboxylic acids is 2. The summed E-state index contributed by atoms with van der Waals surface area (Å²) in [5, 5.41) is 2.79. The molecule has 0 saturated carbocycles. The lowest BCUT2D eigenvalue weighted by molar-refractivity contribution is 0.0656. The van der Waals surface area contributed by atoms with Gasteiger partial charge in [-0.25, -0.2) is 4.39 Å². The van der Waals surface area contributed by atoms with Gasteiger partial charge in [-0.1, -0.05) is 12.5 Å². The molecular formula is C23H26FN3O2. The minimum atomic E-state index is -0.357. The maximum Gasteiger partial charge on any atom is 0.257 e. The second kappa shape index (κ2) is 7.85. The maximum absolute atomic E-state index is 13.8. The Morgan fingerprint density at radius 2 is 2.03 bits per heavy atom. The molecule has 0 bridgehead atoms. The van der Waals surface area contributed by atoms with Crippen LogP contribution in [0.2, 0.25) is 0 Å². The first-order valence-corrected chi connectivity index (χ1v) is 10.3. The van der Waals surface area contributed by atoms with Crippen LogP contribution in [0.3, 0.4) is 0 Å². The zero-order chi connectivity index (χ0) is 20.5. The van der Waals surface area contributed by atoms with Crippen LogP contribution in [-0.2, 0) is 0 Å². The molecule has 2 aromatic carbocycles. The molecule has 1 saturated heterocycles. The fourth-order valence-electron chi connectivity index (χ4n) is 4.38. The molecule has 2 aliphatic rings. The van der Waals surface area contributed by atoms with Crippen LogP contribution >= 0.6 is 0 Å². The number of fused-ring (bicyclic) bond motifs is 2. The smallest absolute Gasteiger partial charge is 0.257 e. The molecule has 5 nitrogen and oxygen atoms in total. The molecule has 0 aromatic heterocycles. The van der Waals surface area contributed by atoms with Crippen molar-refractivity contribution in [1.82, 2.24) is 4.90 Å². The van der Waals surface area contributed by atoms with Crippen molar-refractivity contribution in [1.29, 1.82) is 0 Å².